The summed E-state index contributed by atoms with van der Waals surface area (Å²) in [6.45, 7) is 2.56. The summed E-state index contributed by atoms with van der Waals surface area (Å²) in [6.07, 6.45) is 0. The number of benzene rings is 1. The number of hydrogen-bond acceptors (Lipinski definition) is 4. The number of nitrogens with zero attached hydrogens (tertiary/aromatic N) is 2. The van der Waals surface area contributed by atoms with Crippen LogP contribution in [0.4, 0.5) is 5.69 Å². The molecule has 2 rings (SSSR count). The van der Waals surface area contributed by atoms with Gasteiger partial charge in [-0.05, 0) is 42.1 Å². The van der Waals surface area contributed by atoms with E-state index in [1.54, 1.807) is 23.5 Å². The second-order valence-electron chi connectivity index (χ2n) is 3.78. The topological polar surface area (TPSA) is 62.0 Å². The summed E-state index contributed by atoms with van der Waals surface area (Å²) in [6, 6.07) is 8.48. The van der Waals surface area contributed by atoms with Gasteiger partial charge in [-0.25, -0.2) is 4.79 Å². The maximum atomic E-state index is 10.8. The second-order valence-corrected chi connectivity index (χ2v) is 4.78. The average Bonchev–Trinajstić information content (AvgIpc) is 2.76. The number of carboxylic acids is 1. The third kappa shape index (κ3) is 3.01. The summed E-state index contributed by atoms with van der Waals surface area (Å²) < 4.78 is 0. The number of carboxylic acid groups (broad SMARTS) is 1. The Morgan fingerprint density at radius 1 is 1.39 bits per heavy atom. The van der Waals surface area contributed by atoms with Crippen LogP contribution in [0, 0.1) is 6.92 Å². The second kappa shape index (κ2) is 5.55. The van der Waals surface area contributed by atoms with E-state index in [1.165, 1.54) is 22.6 Å². The fraction of sp³-hybridized carbons (Fsp3) is 0.154. The van der Waals surface area contributed by atoms with Crippen LogP contribution in [0.5, 0.6) is 0 Å². The number of aromatic carboxylic acids is 1. The predicted molar refractivity (Wildman–Crippen MR) is 70.7 cm³/mol. The summed E-state index contributed by atoms with van der Waals surface area (Å²) >= 11 is 1.64. The third-order valence-electron chi connectivity index (χ3n) is 2.46. The lowest BCUT2D eigenvalue weighted by atomic mass is 10.2. The molecule has 0 saturated heterocycles. The molecule has 2 aromatic rings. The van der Waals surface area contributed by atoms with E-state index in [0.29, 0.717) is 12.2 Å². The highest BCUT2D eigenvalue weighted by molar-refractivity contribution is 7.10. The molecule has 5 heteroatoms. The first kappa shape index (κ1) is 12.4. The van der Waals surface area contributed by atoms with E-state index >= 15 is 0 Å². The maximum absolute atomic E-state index is 10.8. The van der Waals surface area contributed by atoms with Gasteiger partial charge >= 0.3 is 5.97 Å². The fourth-order valence-corrected chi connectivity index (χ4v) is 2.27. The van der Waals surface area contributed by atoms with E-state index in [-0.39, 0.29) is 5.56 Å². The Hall–Kier alpha value is -2.01. The molecule has 18 heavy (non-hydrogen) atoms. The van der Waals surface area contributed by atoms with Crippen molar-refractivity contribution in [3.63, 3.8) is 0 Å². The SMILES string of the molecule is Cc1ccsc1CN=Nc1cccc(C(=O)O)c1. The van der Waals surface area contributed by atoms with Gasteiger partial charge in [0.05, 0.1) is 17.8 Å². The van der Waals surface area contributed by atoms with Crippen molar-refractivity contribution in [3.8, 4) is 0 Å². The van der Waals surface area contributed by atoms with Crippen molar-refractivity contribution in [2.45, 2.75) is 13.5 Å². The lowest BCUT2D eigenvalue weighted by molar-refractivity contribution is 0.0697. The van der Waals surface area contributed by atoms with Crippen molar-refractivity contribution in [2.24, 2.45) is 10.2 Å². The number of thiophene rings is 1. The molecule has 0 spiro atoms. The Morgan fingerprint density at radius 2 is 2.22 bits per heavy atom. The molecule has 0 atom stereocenters. The van der Waals surface area contributed by atoms with Crippen molar-refractivity contribution in [1.29, 1.82) is 0 Å². The van der Waals surface area contributed by atoms with E-state index < -0.39 is 5.97 Å². The van der Waals surface area contributed by atoms with Gasteiger partial charge in [0.25, 0.3) is 0 Å². The number of azo groups is 1. The molecule has 92 valence electrons. The van der Waals surface area contributed by atoms with Gasteiger partial charge in [0.1, 0.15) is 0 Å². The monoisotopic (exact) mass is 260 g/mol. The molecule has 1 N–H and O–H groups in total. The standard InChI is InChI=1S/C13H12N2O2S/c1-9-5-6-18-12(9)8-14-15-11-4-2-3-10(7-11)13(16)17/h2-7H,8H2,1H3,(H,16,17). The van der Waals surface area contributed by atoms with E-state index in [0.717, 1.165) is 0 Å². The van der Waals surface area contributed by atoms with E-state index in [1.807, 2.05) is 18.4 Å². The van der Waals surface area contributed by atoms with Crippen LogP contribution in [0.2, 0.25) is 0 Å². The molecule has 0 fully saturated rings. The molecule has 0 radical (unpaired) electrons. The van der Waals surface area contributed by atoms with Gasteiger partial charge in [-0.3, -0.25) is 0 Å². The summed E-state index contributed by atoms with van der Waals surface area (Å²) in [7, 11) is 0. The summed E-state index contributed by atoms with van der Waals surface area (Å²) in [5.41, 5.74) is 1.99. The van der Waals surface area contributed by atoms with E-state index in [4.69, 9.17) is 5.11 Å². The number of rotatable bonds is 4. The Labute approximate surface area is 109 Å². The molecule has 0 aliphatic carbocycles. The Kier molecular flexibility index (Phi) is 3.84. The highest BCUT2D eigenvalue weighted by Gasteiger charge is 2.02. The molecule has 0 amide bonds. The summed E-state index contributed by atoms with van der Waals surface area (Å²) in [5, 5.41) is 19.0. The zero-order valence-electron chi connectivity index (χ0n) is 9.83. The fourth-order valence-electron chi connectivity index (χ4n) is 1.45. The van der Waals surface area contributed by atoms with Crippen molar-refractivity contribution < 1.29 is 9.90 Å². The number of carbonyl (C=O) groups is 1. The van der Waals surface area contributed by atoms with Crippen molar-refractivity contribution >= 4 is 23.0 Å². The minimum atomic E-state index is -0.957. The average molecular weight is 260 g/mol. The van der Waals surface area contributed by atoms with Crippen LogP contribution in [-0.4, -0.2) is 11.1 Å². The van der Waals surface area contributed by atoms with Gasteiger partial charge in [0.2, 0.25) is 0 Å². The minimum absolute atomic E-state index is 0.221. The van der Waals surface area contributed by atoms with Gasteiger partial charge < -0.3 is 5.11 Å². The molecule has 0 saturated carbocycles. The van der Waals surface area contributed by atoms with Crippen molar-refractivity contribution in [2.75, 3.05) is 0 Å². The van der Waals surface area contributed by atoms with Gasteiger partial charge in [0, 0.05) is 4.88 Å². The smallest absolute Gasteiger partial charge is 0.335 e. The third-order valence-corrected chi connectivity index (χ3v) is 3.47. The van der Waals surface area contributed by atoms with Crippen molar-refractivity contribution in [3.05, 3.63) is 51.7 Å². The lowest BCUT2D eigenvalue weighted by Gasteiger charge is -1.96. The molecular formula is C13H12N2O2S. The zero-order valence-corrected chi connectivity index (χ0v) is 10.6. The Balaban J connectivity index is 2.07. The van der Waals surface area contributed by atoms with Crippen LogP contribution >= 0.6 is 11.3 Å². The number of hydrogen-bond donors (Lipinski definition) is 1. The molecule has 0 aliphatic rings. The molecule has 0 bridgehead atoms. The van der Waals surface area contributed by atoms with Gasteiger partial charge in [-0.2, -0.15) is 10.2 Å². The first-order chi connectivity index (χ1) is 8.66. The van der Waals surface area contributed by atoms with Crippen LogP contribution in [-0.2, 0) is 6.54 Å². The molecule has 1 aromatic carbocycles. The van der Waals surface area contributed by atoms with Crippen molar-refractivity contribution in [1.82, 2.24) is 0 Å². The molecule has 1 heterocycles. The number of aryl methyl sites for hydroxylation is 1. The van der Waals surface area contributed by atoms with Crippen LogP contribution in [0.1, 0.15) is 20.8 Å². The maximum Gasteiger partial charge on any atom is 0.335 e. The molecule has 0 unspecified atom stereocenters. The molecule has 4 nitrogen and oxygen atoms in total. The van der Waals surface area contributed by atoms with E-state index in [2.05, 4.69) is 10.2 Å². The van der Waals surface area contributed by atoms with Gasteiger partial charge in [-0.15, -0.1) is 11.3 Å². The quantitative estimate of drug-likeness (QED) is 0.843. The first-order valence-corrected chi connectivity index (χ1v) is 6.28. The lowest BCUT2D eigenvalue weighted by Crippen LogP contribution is -1.94. The largest absolute Gasteiger partial charge is 0.478 e. The van der Waals surface area contributed by atoms with Crippen LogP contribution < -0.4 is 0 Å². The van der Waals surface area contributed by atoms with Crippen LogP contribution in [0.3, 0.4) is 0 Å². The molecule has 1 aromatic heterocycles. The highest BCUT2D eigenvalue weighted by atomic mass is 32.1. The Morgan fingerprint density at radius 3 is 2.89 bits per heavy atom. The predicted octanol–water partition coefficient (Wildman–Crippen LogP) is 4.04. The highest BCUT2D eigenvalue weighted by Crippen LogP contribution is 2.19. The molecule has 0 aliphatic heterocycles. The minimum Gasteiger partial charge on any atom is -0.478 e. The van der Waals surface area contributed by atoms with Gasteiger partial charge in [-0.1, -0.05) is 6.07 Å². The van der Waals surface area contributed by atoms with Crippen LogP contribution in [0.25, 0.3) is 0 Å². The normalized spacial score (nSPS) is 10.9. The molecular weight excluding hydrogens is 248 g/mol. The summed E-state index contributed by atoms with van der Waals surface area (Å²) in [5.74, 6) is -0.957. The summed E-state index contributed by atoms with van der Waals surface area (Å²) in [4.78, 5) is 12.0. The van der Waals surface area contributed by atoms with Crippen LogP contribution in [0.15, 0.2) is 45.9 Å². The van der Waals surface area contributed by atoms with E-state index in [9.17, 15) is 4.79 Å². The van der Waals surface area contributed by atoms with Gasteiger partial charge in [0.15, 0.2) is 0 Å². The first-order valence-electron chi connectivity index (χ1n) is 5.40. The Bertz CT molecular complexity index is 590. The zero-order chi connectivity index (χ0) is 13.0.